The average molecular weight is 432 g/mol. The highest BCUT2D eigenvalue weighted by atomic mass is 32.1. The SMILES string of the molecule is CC(=O)NCc1ccc(-c2csc(NC(=O)Cc3csc4nc(C)cn34)n2)s1. The van der Waals surface area contributed by atoms with Gasteiger partial charge in [0.15, 0.2) is 10.1 Å². The maximum absolute atomic E-state index is 12.4. The van der Waals surface area contributed by atoms with Crippen LogP contribution in [0.4, 0.5) is 5.13 Å². The van der Waals surface area contributed by atoms with E-state index in [1.165, 1.54) is 29.6 Å². The molecule has 0 fully saturated rings. The van der Waals surface area contributed by atoms with Crippen LogP contribution in [-0.2, 0) is 22.6 Å². The highest BCUT2D eigenvalue weighted by molar-refractivity contribution is 7.17. The van der Waals surface area contributed by atoms with Gasteiger partial charge < -0.3 is 10.6 Å². The lowest BCUT2D eigenvalue weighted by Gasteiger charge is -2.01. The van der Waals surface area contributed by atoms with Gasteiger partial charge in [0.05, 0.1) is 29.2 Å². The second kappa shape index (κ2) is 7.82. The zero-order chi connectivity index (χ0) is 19.7. The molecule has 0 bridgehead atoms. The van der Waals surface area contributed by atoms with Gasteiger partial charge in [-0.15, -0.1) is 34.0 Å². The maximum atomic E-state index is 12.4. The predicted octanol–water partition coefficient (Wildman–Crippen LogP) is 3.71. The lowest BCUT2D eigenvalue weighted by atomic mass is 10.3. The number of amides is 2. The highest BCUT2D eigenvalue weighted by Crippen LogP contribution is 2.31. The first-order chi connectivity index (χ1) is 13.5. The fourth-order valence-electron chi connectivity index (χ4n) is 2.66. The second-order valence-corrected chi connectivity index (χ2v) is 9.06. The Balaban J connectivity index is 1.40. The van der Waals surface area contributed by atoms with Crippen LogP contribution in [0, 0.1) is 6.92 Å². The Bertz CT molecular complexity index is 1150. The Morgan fingerprint density at radius 1 is 1.18 bits per heavy atom. The molecule has 144 valence electrons. The predicted molar refractivity (Wildman–Crippen MR) is 113 cm³/mol. The van der Waals surface area contributed by atoms with Gasteiger partial charge >= 0.3 is 0 Å². The van der Waals surface area contributed by atoms with Crippen molar-refractivity contribution >= 4 is 55.9 Å². The average Bonchev–Trinajstić information content (AvgIpc) is 3.39. The standard InChI is InChI=1S/C18H17N5O2S3/c1-10-7-23-12(8-27-18(23)20-10)5-16(25)22-17-21-14(9-26-17)15-4-3-13(28-15)6-19-11(2)24/h3-4,7-9H,5-6H2,1-2H3,(H,19,24)(H,21,22,25). The normalized spacial score (nSPS) is 11.1. The number of anilines is 1. The van der Waals surface area contributed by atoms with Crippen LogP contribution in [0.5, 0.6) is 0 Å². The number of rotatable bonds is 6. The summed E-state index contributed by atoms with van der Waals surface area (Å²) >= 11 is 4.50. The number of carbonyl (C=O) groups excluding carboxylic acids is 2. The van der Waals surface area contributed by atoms with Gasteiger partial charge in [-0.2, -0.15) is 0 Å². The molecule has 0 atom stereocenters. The van der Waals surface area contributed by atoms with Crippen LogP contribution in [0.3, 0.4) is 0 Å². The van der Waals surface area contributed by atoms with E-state index in [1.807, 2.05) is 40.4 Å². The van der Waals surface area contributed by atoms with Gasteiger partial charge in [-0.25, -0.2) is 9.97 Å². The van der Waals surface area contributed by atoms with Gasteiger partial charge in [0, 0.05) is 34.5 Å². The summed E-state index contributed by atoms with van der Waals surface area (Å²) in [6.07, 6.45) is 2.20. The third-order valence-electron chi connectivity index (χ3n) is 3.92. The number of nitrogens with zero attached hydrogens (tertiary/aromatic N) is 3. The van der Waals surface area contributed by atoms with Crippen LogP contribution in [0.2, 0.25) is 0 Å². The van der Waals surface area contributed by atoms with Crippen molar-refractivity contribution in [3.63, 3.8) is 0 Å². The largest absolute Gasteiger partial charge is 0.351 e. The number of aryl methyl sites for hydroxylation is 1. The van der Waals surface area contributed by atoms with E-state index in [4.69, 9.17) is 0 Å². The van der Waals surface area contributed by atoms with Gasteiger partial charge in [-0.3, -0.25) is 14.0 Å². The molecule has 4 aromatic heterocycles. The molecule has 0 unspecified atom stereocenters. The fraction of sp³-hybridized carbons (Fsp3) is 0.222. The van der Waals surface area contributed by atoms with E-state index in [1.54, 1.807) is 11.3 Å². The number of hydrogen-bond acceptors (Lipinski definition) is 7. The summed E-state index contributed by atoms with van der Waals surface area (Å²) < 4.78 is 1.95. The second-order valence-electron chi connectivity index (χ2n) is 6.20. The van der Waals surface area contributed by atoms with Crippen molar-refractivity contribution in [3.05, 3.63) is 45.4 Å². The van der Waals surface area contributed by atoms with Gasteiger partial charge in [-0.1, -0.05) is 0 Å². The molecular formula is C18H17N5O2S3. The van der Waals surface area contributed by atoms with Crippen LogP contribution >= 0.6 is 34.0 Å². The first kappa shape index (κ1) is 18.8. The van der Waals surface area contributed by atoms with Crippen LogP contribution in [0.15, 0.2) is 29.1 Å². The fourth-order valence-corrected chi connectivity index (χ4v) is 5.29. The molecule has 10 heteroatoms. The number of imidazole rings is 1. The number of thiazole rings is 2. The Morgan fingerprint density at radius 3 is 2.86 bits per heavy atom. The van der Waals surface area contributed by atoms with Crippen LogP contribution in [-0.4, -0.2) is 26.2 Å². The van der Waals surface area contributed by atoms with E-state index >= 15 is 0 Å². The molecule has 0 aliphatic carbocycles. The van der Waals surface area contributed by atoms with E-state index < -0.39 is 0 Å². The molecule has 0 radical (unpaired) electrons. The summed E-state index contributed by atoms with van der Waals surface area (Å²) in [6, 6.07) is 3.95. The van der Waals surface area contributed by atoms with E-state index in [-0.39, 0.29) is 18.2 Å². The summed E-state index contributed by atoms with van der Waals surface area (Å²) in [5.41, 5.74) is 2.67. The molecule has 0 aromatic carbocycles. The van der Waals surface area contributed by atoms with Crippen molar-refractivity contribution in [3.8, 4) is 10.6 Å². The number of fused-ring (bicyclic) bond motifs is 1. The van der Waals surface area contributed by atoms with Crippen molar-refractivity contribution < 1.29 is 9.59 Å². The van der Waals surface area contributed by atoms with Crippen molar-refractivity contribution in [2.24, 2.45) is 0 Å². The highest BCUT2D eigenvalue weighted by Gasteiger charge is 2.13. The van der Waals surface area contributed by atoms with Gasteiger partial charge in [0.1, 0.15) is 0 Å². The zero-order valence-electron chi connectivity index (χ0n) is 15.2. The van der Waals surface area contributed by atoms with Crippen LogP contribution < -0.4 is 10.6 Å². The quantitative estimate of drug-likeness (QED) is 0.487. The Labute approximate surface area is 173 Å². The number of thiophene rings is 1. The van der Waals surface area contributed by atoms with E-state index in [0.29, 0.717) is 11.7 Å². The smallest absolute Gasteiger partial charge is 0.232 e. The molecule has 0 saturated carbocycles. The summed E-state index contributed by atoms with van der Waals surface area (Å²) in [4.78, 5) is 35.3. The Morgan fingerprint density at radius 2 is 2.04 bits per heavy atom. The molecule has 0 aliphatic rings. The minimum absolute atomic E-state index is 0.0534. The zero-order valence-corrected chi connectivity index (χ0v) is 17.6. The van der Waals surface area contributed by atoms with Gasteiger partial charge in [0.25, 0.3) is 0 Å². The van der Waals surface area contributed by atoms with Crippen molar-refractivity contribution in [1.29, 1.82) is 0 Å². The number of hydrogen-bond donors (Lipinski definition) is 2. The molecule has 0 aliphatic heterocycles. The lowest BCUT2D eigenvalue weighted by molar-refractivity contribution is -0.119. The molecule has 7 nitrogen and oxygen atoms in total. The summed E-state index contributed by atoms with van der Waals surface area (Å²) in [6.45, 7) is 3.95. The van der Waals surface area contributed by atoms with E-state index in [9.17, 15) is 9.59 Å². The van der Waals surface area contributed by atoms with Crippen molar-refractivity contribution in [2.45, 2.75) is 26.8 Å². The summed E-state index contributed by atoms with van der Waals surface area (Å²) in [5, 5.41) is 10.1. The lowest BCUT2D eigenvalue weighted by Crippen LogP contribution is -2.17. The first-order valence-electron chi connectivity index (χ1n) is 8.49. The molecule has 2 N–H and O–H groups in total. The molecule has 28 heavy (non-hydrogen) atoms. The molecule has 4 rings (SSSR count). The summed E-state index contributed by atoms with van der Waals surface area (Å²) in [5.74, 6) is -0.160. The molecule has 0 spiro atoms. The maximum Gasteiger partial charge on any atom is 0.232 e. The topological polar surface area (TPSA) is 88.4 Å². The minimum atomic E-state index is -0.107. The van der Waals surface area contributed by atoms with Gasteiger partial charge in [0.2, 0.25) is 11.8 Å². The van der Waals surface area contributed by atoms with E-state index in [2.05, 4.69) is 20.6 Å². The van der Waals surface area contributed by atoms with E-state index in [0.717, 1.165) is 31.8 Å². The van der Waals surface area contributed by atoms with Crippen LogP contribution in [0.25, 0.3) is 15.5 Å². The monoisotopic (exact) mass is 431 g/mol. The number of nitrogens with one attached hydrogen (secondary N) is 2. The Kier molecular flexibility index (Phi) is 5.25. The third-order valence-corrected chi connectivity index (χ3v) is 6.68. The molecule has 4 aromatic rings. The first-order valence-corrected chi connectivity index (χ1v) is 11.1. The Hall–Kier alpha value is -2.56. The molecular weight excluding hydrogens is 414 g/mol. The molecule has 0 saturated heterocycles. The molecule has 2 amide bonds. The number of aromatic nitrogens is 3. The van der Waals surface area contributed by atoms with Gasteiger partial charge in [-0.05, 0) is 19.1 Å². The van der Waals surface area contributed by atoms with Crippen molar-refractivity contribution in [2.75, 3.05) is 5.32 Å². The third kappa shape index (κ3) is 4.13. The molecule has 4 heterocycles. The summed E-state index contributed by atoms with van der Waals surface area (Å²) in [7, 11) is 0. The van der Waals surface area contributed by atoms with Crippen molar-refractivity contribution in [1.82, 2.24) is 19.7 Å². The number of carbonyl (C=O) groups is 2. The minimum Gasteiger partial charge on any atom is -0.351 e. The van der Waals surface area contributed by atoms with Crippen LogP contribution in [0.1, 0.15) is 23.2 Å².